The van der Waals surface area contributed by atoms with Gasteiger partial charge >= 0.3 is 0 Å². The van der Waals surface area contributed by atoms with E-state index in [1.54, 1.807) is 39.1 Å². The third kappa shape index (κ3) is 4.68. The van der Waals surface area contributed by atoms with Crippen LogP contribution in [0.1, 0.15) is 48.0 Å². The number of carbonyl (C=O) groups is 1. The van der Waals surface area contributed by atoms with Gasteiger partial charge in [-0.15, -0.1) is 0 Å². The lowest BCUT2D eigenvalue weighted by molar-refractivity contribution is 0.0407. The van der Waals surface area contributed by atoms with Crippen LogP contribution in [0.5, 0.6) is 0 Å². The van der Waals surface area contributed by atoms with E-state index in [0.29, 0.717) is 5.69 Å². The Morgan fingerprint density at radius 1 is 1.21 bits per heavy atom. The third-order valence-corrected chi connectivity index (χ3v) is 3.89. The largest absolute Gasteiger partial charge is 0.388 e. The molecule has 1 atom stereocenters. The Morgan fingerprint density at radius 2 is 1.92 bits per heavy atom. The van der Waals surface area contributed by atoms with Gasteiger partial charge in [0.2, 0.25) is 0 Å². The molecule has 1 amide bonds. The summed E-state index contributed by atoms with van der Waals surface area (Å²) < 4.78 is 0. The first-order chi connectivity index (χ1) is 11.3. The Morgan fingerprint density at radius 3 is 2.50 bits per heavy atom. The van der Waals surface area contributed by atoms with E-state index in [1.807, 2.05) is 31.2 Å². The predicted octanol–water partition coefficient (Wildman–Crippen LogP) is 2.68. The van der Waals surface area contributed by atoms with Crippen LogP contribution >= 0.6 is 0 Å². The maximum atomic E-state index is 12.1. The lowest BCUT2D eigenvalue weighted by Crippen LogP contribution is -2.47. The van der Waals surface area contributed by atoms with Gasteiger partial charge in [-0.1, -0.05) is 30.0 Å². The molecule has 0 bridgehead atoms. The maximum Gasteiger partial charge on any atom is 0.270 e. The maximum absolute atomic E-state index is 12.1. The number of rotatable bonds is 3. The van der Waals surface area contributed by atoms with Crippen molar-refractivity contribution in [2.24, 2.45) is 0 Å². The minimum atomic E-state index is -0.991. The highest BCUT2D eigenvalue weighted by atomic mass is 16.3. The molecule has 2 N–H and O–H groups in total. The summed E-state index contributed by atoms with van der Waals surface area (Å²) >= 11 is 0. The van der Waals surface area contributed by atoms with Crippen LogP contribution in [0.15, 0.2) is 42.6 Å². The zero-order valence-electron chi connectivity index (χ0n) is 14.4. The SMILES string of the molecule is Cc1ccccc1C#Cc1ccc(C(=O)N[C@H](C)C(C)(C)O)nc1. The lowest BCUT2D eigenvalue weighted by Gasteiger charge is -2.26. The smallest absolute Gasteiger partial charge is 0.270 e. The summed E-state index contributed by atoms with van der Waals surface area (Å²) in [5.74, 6) is 5.84. The highest BCUT2D eigenvalue weighted by Gasteiger charge is 2.24. The van der Waals surface area contributed by atoms with Gasteiger partial charge in [-0.3, -0.25) is 4.79 Å². The number of hydrogen-bond acceptors (Lipinski definition) is 3. The molecule has 0 radical (unpaired) electrons. The molecule has 0 saturated heterocycles. The summed E-state index contributed by atoms with van der Waals surface area (Å²) in [5, 5.41) is 12.6. The van der Waals surface area contributed by atoms with Crippen molar-refractivity contribution < 1.29 is 9.90 Å². The standard InChI is InChI=1S/C20H22N2O2/c1-14-7-5-6-8-17(14)11-9-16-10-12-18(21-13-16)19(23)22-15(2)20(3,4)24/h5-8,10,12-13,15,24H,1-4H3,(H,22,23)/t15-/m1/s1. The lowest BCUT2D eigenvalue weighted by atomic mass is 10.0. The van der Waals surface area contributed by atoms with Gasteiger partial charge in [0, 0.05) is 17.3 Å². The second-order valence-corrected chi connectivity index (χ2v) is 6.35. The number of benzene rings is 1. The van der Waals surface area contributed by atoms with E-state index in [1.165, 1.54) is 0 Å². The fraction of sp³-hybridized carbons (Fsp3) is 0.300. The van der Waals surface area contributed by atoms with Gasteiger partial charge in [-0.05, 0) is 51.5 Å². The molecule has 0 aliphatic rings. The van der Waals surface area contributed by atoms with Crippen LogP contribution < -0.4 is 5.32 Å². The first kappa shape index (κ1) is 17.7. The summed E-state index contributed by atoms with van der Waals surface area (Å²) in [6, 6.07) is 10.9. The van der Waals surface area contributed by atoms with Crippen LogP contribution in [-0.4, -0.2) is 27.6 Å². The van der Waals surface area contributed by atoms with Crippen LogP contribution in [0.2, 0.25) is 0 Å². The molecule has 0 saturated carbocycles. The van der Waals surface area contributed by atoms with Gasteiger partial charge in [-0.2, -0.15) is 0 Å². The molecule has 2 rings (SSSR count). The van der Waals surface area contributed by atoms with E-state index in [4.69, 9.17) is 0 Å². The number of amides is 1. The molecular weight excluding hydrogens is 300 g/mol. The van der Waals surface area contributed by atoms with Crippen LogP contribution in [0.4, 0.5) is 0 Å². The molecule has 1 aromatic heterocycles. The Balaban J connectivity index is 2.09. The molecule has 0 fully saturated rings. The Labute approximate surface area is 142 Å². The Hall–Kier alpha value is -2.64. The second-order valence-electron chi connectivity index (χ2n) is 6.35. The number of aromatic nitrogens is 1. The number of nitrogens with one attached hydrogen (secondary N) is 1. The van der Waals surface area contributed by atoms with Crippen molar-refractivity contribution in [3.05, 3.63) is 65.0 Å². The van der Waals surface area contributed by atoms with Crippen LogP contribution in [0.25, 0.3) is 0 Å². The van der Waals surface area contributed by atoms with Crippen molar-refractivity contribution in [3.8, 4) is 11.8 Å². The molecule has 124 valence electrons. The Kier molecular flexibility index (Phi) is 5.38. The molecule has 1 aromatic carbocycles. The van der Waals surface area contributed by atoms with Gasteiger partial charge in [-0.25, -0.2) is 4.98 Å². The van der Waals surface area contributed by atoms with E-state index in [2.05, 4.69) is 22.1 Å². The van der Waals surface area contributed by atoms with Crippen molar-refractivity contribution >= 4 is 5.91 Å². The molecule has 0 unspecified atom stereocenters. The topological polar surface area (TPSA) is 62.2 Å². The van der Waals surface area contributed by atoms with E-state index in [9.17, 15) is 9.90 Å². The minimum Gasteiger partial charge on any atom is -0.388 e. The van der Waals surface area contributed by atoms with Gasteiger partial charge in [0.1, 0.15) is 5.69 Å². The highest BCUT2D eigenvalue weighted by molar-refractivity contribution is 5.92. The summed E-state index contributed by atoms with van der Waals surface area (Å²) in [5.41, 5.74) is 2.14. The summed E-state index contributed by atoms with van der Waals surface area (Å²) in [6.45, 7) is 7.06. The number of pyridine rings is 1. The van der Waals surface area contributed by atoms with Crippen molar-refractivity contribution in [3.63, 3.8) is 0 Å². The predicted molar refractivity (Wildman–Crippen MR) is 94.6 cm³/mol. The quantitative estimate of drug-likeness (QED) is 0.854. The molecule has 0 aliphatic carbocycles. The third-order valence-electron chi connectivity index (χ3n) is 3.89. The van der Waals surface area contributed by atoms with E-state index >= 15 is 0 Å². The first-order valence-electron chi connectivity index (χ1n) is 7.84. The van der Waals surface area contributed by atoms with E-state index in [0.717, 1.165) is 16.7 Å². The van der Waals surface area contributed by atoms with Gasteiger partial charge in [0.05, 0.1) is 11.6 Å². The summed E-state index contributed by atoms with van der Waals surface area (Å²) in [4.78, 5) is 16.3. The number of aryl methyl sites for hydroxylation is 1. The molecule has 2 aromatic rings. The molecule has 24 heavy (non-hydrogen) atoms. The van der Waals surface area contributed by atoms with Gasteiger partial charge < -0.3 is 10.4 Å². The summed E-state index contributed by atoms with van der Waals surface area (Å²) in [7, 11) is 0. The normalized spacial score (nSPS) is 12.0. The second kappa shape index (κ2) is 7.29. The molecule has 4 nitrogen and oxygen atoms in total. The van der Waals surface area contributed by atoms with Gasteiger partial charge in [0.25, 0.3) is 5.91 Å². The fourth-order valence-electron chi connectivity index (χ4n) is 1.90. The fourth-order valence-corrected chi connectivity index (χ4v) is 1.90. The molecular formula is C20H22N2O2. The monoisotopic (exact) mass is 322 g/mol. The molecule has 4 heteroatoms. The molecule has 0 spiro atoms. The molecule has 1 heterocycles. The van der Waals surface area contributed by atoms with Crippen molar-refractivity contribution in [2.75, 3.05) is 0 Å². The van der Waals surface area contributed by atoms with E-state index in [-0.39, 0.29) is 11.9 Å². The van der Waals surface area contributed by atoms with E-state index < -0.39 is 5.60 Å². The van der Waals surface area contributed by atoms with Crippen LogP contribution in [0, 0.1) is 18.8 Å². The average Bonchev–Trinajstić information content (AvgIpc) is 2.53. The van der Waals surface area contributed by atoms with Crippen LogP contribution in [-0.2, 0) is 0 Å². The number of hydrogen-bond donors (Lipinski definition) is 2. The number of nitrogens with zero attached hydrogens (tertiary/aromatic N) is 1. The molecule has 0 aliphatic heterocycles. The number of carbonyl (C=O) groups excluding carboxylic acids is 1. The van der Waals surface area contributed by atoms with Crippen molar-refractivity contribution in [1.82, 2.24) is 10.3 Å². The number of aliphatic hydroxyl groups is 1. The van der Waals surface area contributed by atoms with Crippen molar-refractivity contribution in [1.29, 1.82) is 0 Å². The van der Waals surface area contributed by atoms with Gasteiger partial charge in [0.15, 0.2) is 0 Å². The Bertz CT molecular complexity index is 778. The zero-order valence-corrected chi connectivity index (χ0v) is 14.4. The zero-order chi connectivity index (χ0) is 17.7. The highest BCUT2D eigenvalue weighted by Crippen LogP contribution is 2.09. The van der Waals surface area contributed by atoms with Crippen LogP contribution in [0.3, 0.4) is 0 Å². The average molecular weight is 322 g/mol. The summed E-state index contributed by atoms with van der Waals surface area (Å²) in [6.07, 6.45) is 1.58. The minimum absolute atomic E-state index is 0.299. The van der Waals surface area contributed by atoms with Crippen molar-refractivity contribution in [2.45, 2.75) is 39.3 Å². The first-order valence-corrected chi connectivity index (χ1v) is 7.84.